The molecule has 3 N–H and O–H groups in total. The second-order valence-corrected chi connectivity index (χ2v) is 7.63. The predicted octanol–water partition coefficient (Wildman–Crippen LogP) is 3.07. The van der Waals surface area contributed by atoms with Gasteiger partial charge in [0.05, 0.1) is 18.1 Å². The quantitative estimate of drug-likeness (QED) is 0.691. The van der Waals surface area contributed by atoms with Crippen LogP contribution in [0.3, 0.4) is 0 Å². The maximum absolute atomic E-state index is 12.3. The van der Waals surface area contributed by atoms with E-state index in [1.807, 2.05) is 12.3 Å². The lowest BCUT2D eigenvalue weighted by Crippen LogP contribution is -2.40. The minimum atomic E-state index is 0.0389. The van der Waals surface area contributed by atoms with E-state index in [4.69, 9.17) is 0 Å². The molecule has 3 aromatic heterocycles. The first kappa shape index (κ1) is 15.2. The molecule has 0 radical (unpaired) electrons. The lowest BCUT2D eigenvalue weighted by molar-refractivity contribution is -0.121. The van der Waals surface area contributed by atoms with Crippen LogP contribution < -0.4 is 5.32 Å². The van der Waals surface area contributed by atoms with E-state index in [9.17, 15) is 4.79 Å². The van der Waals surface area contributed by atoms with E-state index in [2.05, 4.69) is 39.1 Å². The summed E-state index contributed by atoms with van der Waals surface area (Å²) >= 11 is 0. The van der Waals surface area contributed by atoms with Crippen LogP contribution in [0.1, 0.15) is 45.4 Å². The summed E-state index contributed by atoms with van der Waals surface area (Å²) in [5.74, 6) is 0.728. The number of pyridine rings is 1. The Bertz CT molecular complexity index is 881. The molecule has 0 saturated heterocycles. The minimum absolute atomic E-state index is 0.0389. The van der Waals surface area contributed by atoms with E-state index in [-0.39, 0.29) is 12.3 Å². The van der Waals surface area contributed by atoms with Gasteiger partial charge in [-0.15, -0.1) is 0 Å². The number of aromatic amines is 2. The Morgan fingerprint density at radius 1 is 1.38 bits per heavy atom. The topological polar surface area (TPSA) is 86.5 Å². The SMILES string of the molecule is CC1(C)CCC(NC(=O)Cc2nc3c(cnc4[nH]ccc43)[nH]2)CC1. The zero-order chi connectivity index (χ0) is 16.7. The maximum Gasteiger partial charge on any atom is 0.227 e. The molecule has 4 rings (SSSR count). The van der Waals surface area contributed by atoms with Gasteiger partial charge in [-0.05, 0) is 37.2 Å². The van der Waals surface area contributed by atoms with E-state index < -0.39 is 0 Å². The van der Waals surface area contributed by atoms with Gasteiger partial charge in [-0.3, -0.25) is 4.79 Å². The van der Waals surface area contributed by atoms with Crippen LogP contribution in [0.25, 0.3) is 22.1 Å². The third-order valence-electron chi connectivity index (χ3n) is 5.12. The lowest BCUT2D eigenvalue weighted by Gasteiger charge is -2.34. The maximum atomic E-state index is 12.3. The third kappa shape index (κ3) is 2.88. The minimum Gasteiger partial charge on any atom is -0.353 e. The van der Waals surface area contributed by atoms with Crippen molar-refractivity contribution in [1.29, 1.82) is 0 Å². The first-order valence-corrected chi connectivity index (χ1v) is 8.60. The van der Waals surface area contributed by atoms with Gasteiger partial charge in [-0.2, -0.15) is 0 Å². The molecule has 3 heterocycles. The number of fused-ring (bicyclic) bond motifs is 3. The summed E-state index contributed by atoms with van der Waals surface area (Å²) in [6.07, 6.45) is 8.34. The highest BCUT2D eigenvalue weighted by Gasteiger charge is 2.27. The van der Waals surface area contributed by atoms with Crippen molar-refractivity contribution in [1.82, 2.24) is 25.3 Å². The molecule has 0 spiro atoms. The van der Waals surface area contributed by atoms with E-state index in [1.165, 1.54) is 12.8 Å². The number of nitrogens with zero attached hydrogens (tertiary/aromatic N) is 2. The molecular formula is C18H23N5O. The first-order valence-electron chi connectivity index (χ1n) is 8.60. The molecule has 1 amide bonds. The van der Waals surface area contributed by atoms with Crippen LogP contribution in [-0.2, 0) is 11.2 Å². The number of rotatable bonds is 3. The fourth-order valence-corrected chi connectivity index (χ4v) is 3.58. The molecule has 6 heteroatoms. The highest BCUT2D eigenvalue weighted by molar-refractivity contribution is 6.00. The summed E-state index contributed by atoms with van der Waals surface area (Å²) in [7, 11) is 0. The van der Waals surface area contributed by atoms with Gasteiger partial charge in [0.1, 0.15) is 17.0 Å². The molecule has 0 bridgehead atoms. The van der Waals surface area contributed by atoms with Crippen LogP contribution in [0.4, 0.5) is 0 Å². The van der Waals surface area contributed by atoms with Gasteiger partial charge in [0.15, 0.2) is 0 Å². The summed E-state index contributed by atoms with van der Waals surface area (Å²) in [4.78, 5) is 27.6. The monoisotopic (exact) mass is 325 g/mol. The third-order valence-corrected chi connectivity index (χ3v) is 5.12. The number of imidazole rings is 1. The second kappa shape index (κ2) is 5.61. The lowest BCUT2D eigenvalue weighted by atomic mass is 9.75. The second-order valence-electron chi connectivity index (χ2n) is 7.63. The van der Waals surface area contributed by atoms with Crippen LogP contribution in [0, 0.1) is 5.41 Å². The Morgan fingerprint density at radius 3 is 2.96 bits per heavy atom. The molecular weight excluding hydrogens is 302 g/mol. The predicted molar refractivity (Wildman–Crippen MR) is 93.6 cm³/mol. The molecule has 24 heavy (non-hydrogen) atoms. The molecule has 3 aromatic rings. The number of carbonyl (C=O) groups excluding carboxylic acids is 1. The highest BCUT2D eigenvalue weighted by Crippen LogP contribution is 2.35. The number of nitrogens with one attached hydrogen (secondary N) is 3. The average Bonchev–Trinajstić information content (AvgIpc) is 3.14. The van der Waals surface area contributed by atoms with Crippen molar-refractivity contribution in [3.05, 3.63) is 24.3 Å². The van der Waals surface area contributed by atoms with Gasteiger partial charge in [0, 0.05) is 17.6 Å². The number of hydrogen-bond donors (Lipinski definition) is 3. The standard InChI is InChI=1S/C18H23N5O/c1-18(2)6-3-11(4-7-18)21-15(24)9-14-22-13-10-20-17-12(5-8-19-17)16(13)23-14/h5,8,10-11H,3-4,6-7,9H2,1-2H3,(H,19,20)(H,21,24)(H,22,23). The summed E-state index contributed by atoms with van der Waals surface area (Å²) in [5, 5.41) is 4.14. The molecule has 0 aromatic carbocycles. The van der Waals surface area contributed by atoms with Crippen molar-refractivity contribution in [2.45, 2.75) is 52.0 Å². The van der Waals surface area contributed by atoms with Crippen LogP contribution in [0.15, 0.2) is 18.5 Å². The number of hydrogen-bond acceptors (Lipinski definition) is 3. The van der Waals surface area contributed by atoms with E-state index in [1.54, 1.807) is 6.20 Å². The first-order chi connectivity index (χ1) is 11.5. The van der Waals surface area contributed by atoms with Gasteiger partial charge in [-0.25, -0.2) is 9.97 Å². The average molecular weight is 325 g/mol. The molecule has 6 nitrogen and oxygen atoms in total. The molecule has 0 aliphatic heterocycles. The molecule has 126 valence electrons. The summed E-state index contributed by atoms with van der Waals surface area (Å²) in [5.41, 5.74) is 2.96. The van der Waals surface area contributed by atoms with Crippen molar-refractivity contribution < 1.29 is 4.79 Å². The Labute approximate surface area is 140 Å². The van der Waals surface area contributed by atoms with Crippen molar-refractivity contribution in [2.24, 2.45) is 5.41 Å². The fourth-order valence-electron chi connectivity index (χ4n) is 3.58. The Kier molecular flexibility index (Phi) is 3.55. The molecule has 1 saturated carbocycles. The number of amides is 1. The Hall–Kier alpha value is -2.37. The van der Waals surface area contributed by atoms with Gasteiger partial charge in [0.2, 0.25) is 5.91 Å². The van der Waals surface area contributed by atoms with Crippen LogP contribution in [-0.4, -0.2) is 31.9 Å². The van der Waals surface area contributed by atoms with Gasteiger partial charge in [-0.1, -0.05) is 13.8 Å². The van der Waals surface area contributed by atoms with Crippen molar-refractivity contribution in [2.75, 3.05) is 0 Å². The fraction of sp³-hybridized carbons (Fsp3) is 0.500. The molecule has 0 unspecified atom stereocenters. The number of carbonyl (C=O) groups is 1. The normalized spacial score (nSPS) is 18.2. The van der Waals surface area contributed by atoms with Gasteiger partial charge < -0.3 is 15.3 Å². The molecule has 0 atom stereocenters. The molecule has 1 fully saturated rings. The van der Waals surface area contributed by atoms with E-state index in [0.717, 1.165) is 34.9 Å². The Morgan fingerprint density at radius 2 is 2.17 bits per heavy atom. The van der Waals surface area contributed by atoms with Crippen LogP contribution >= 0.6 is 0 Å². The van der Waals surface area contributed by atoms with Gasteiger partial charge in [0.25, 0.3) is 0 Å². The summed E-state index contributed by atoms with van der Waals surface area (Å²) < 4.78 is 0. The van der Waals surface area contributed by atoms with Crippen molar-refractivity contribution >= 4 is 28.0 Å². The van der Waals surface area contributed by atoms with E-state index >= 15 is 0 Å². The van der Waals surface area contributed by atoms with Crippen LogP contribution in [0.5, 0.6) is 0 Å². The zero-order valence-electron chi connectivity index (χ0n) is 14.1. The highest BCUT2D eigenvalue weighted by atomic mass is 16.1. The smallest absolute Gasteiger partial charge is 0.227 e. The van der Waals surface area contributed by atoms with Crippen LogP contribution in [0.2, 0.25) is 0 Å². The number of H-pyrrole nitrogens is 2. The summed E-state index contributed by atoms with van der Waals surface area (Å²) in [6, 6.07) is 2.26. The largest absolute Gasteiger partial charge is 0.353 e. The van der Waals surface area contributed by atoms with E-state index in [0.29, 0.717) is 17.3 Å². The summed E-state index contributed by atoms with van der Waals surface area (Å²) in [6.45, 7) is 4.60. The van der Waals surface area contributed by atoms with Crippen molar-refractivity contribution in [3.63, 3.8) is 0 Å². The Balaban J connectivity index is 1.45. The number of aromatic nitrogens is 4. The molecule has 1 aliphatic rings. The van der Waals surface area contributed by atoms with Gasteiger partial charge >= 0.3 is 0 Å². The van der Waals surface area contributed by atoms with Crippen molar-refractivity contribution in [3.8, 4) is 0 Å². The zero-order valence-corrected chi connectivity index (χ0v) is 14.1. The molecule has 1 aliphatic carbocycles.